The van der Waals surface area contributed by atoms with Gasteiger partial charge >= 0.3 is 19.3 Å². The molecule has 4 rings (SSSR count). The summed E-state index contributed by atoms with van der Waals surface area (Å²) in [6, 6.07) is 4.71. The summed E-state index contributed by atoms with van der Waals surface area (Å²) in [6.45, 7) is 17.9. The molecule has 1 aromatic carbocycles. The van der Waals surface area contributed by atoms with Crippen molar-refractivity contribution < 1.29 is 32.8 Å². The summed E-state index contributed by atoms with van der Waals surface area (Å²) in [5.74, 6) is 0.690. The molecule has 1 saturated heterocycles. The molecule has 212 valence electrons. The Balaban J connectivity index is 1.78. The maximum atomic E-state index is 15.1. The van der Waals surface area contributed by atoms with Crippen molar-refractivity contribution in [2.75, 3.05) is 5.75 Å². The molecule has 2 atom stereocenters. The first-order chi connectivity index (χ1) is 17.9. The Morgan fingerprint density at radius 1 is 1.13 bits per heavy atom. The van der Waals surface area contributed by atoms with E-state index >= 15 is 4.39 Å². The van der Waals surface area contributed by atoms with Gasteiger partial charge in [0.25, 0.3) is 0 Å². The molecule has 0 spiro atoms. The van der Waals surface area contributed by atoms with Crippen LogP contribution < -0.4 is 5.46 Å². The maximum absolute atomic E-state index is 15.1. The molecule has 2 amide bonds. The molecule has 1 aromatic rings. The first-order valence-electron chi connectivity index (χ1n) is 13.2. The van der Waals surface area contributed by atoms with E-state index in [9.17, 15) is 9.59 Å². The van der Waals surface area contributed by atoms with Gasteiger partial charge in [-0.1, -0.05) is 30.8 Å². The van der Waals surface area contributed by atoms with Crippen molar-refractivity contribution in [3.05, 3.63) is 41.9 Å². The van der Waals surface area contributed by atoms with Crippen LogP contribution in [0.25, 0.3) is 0 Å². The third kappa shape index (κ3) is 6.29. The predicted octanol–water partition coefficient (Wildman–Crippen LogP) is 6.13. The lowest BCUT2D eigenvalue weighted by Crippen LogP contribution is -2.49. The summed E-state index contributed by atoms with van der Waals surface area (Å²) >= 11 is 1.30. The Labute approximate surface area is 234 Å². The molecule has 11 heteroatoms. The fraction of sp³-hybridized carbons (Fsp3) is 0.607. The zero-order valence-corrected chi connectivity index (χ0v) is 24.9. The molecule has 0 bridgehead atoms. The van der Waals surface area contributed by atoms with Gasteiger partial charge in [0.1, 0.15) is 22.6 Å². The van der Waals surface area contributed by atoms with E-state index in [0.717, 1.165) is 17.7 Å². The van der Waals surface area contributed by atoms with Crippen LogP contribution in [-0.4, -0.2) is 51.9 Å². The molecule has 0 unspecified atom stereocenters. The van der Waals surface area contributed by atoms with E-state index in [2.05, 4.69) is 6.58 Å². The van der Waals surface area contributed by atoms with Crippen molar-refractivity contribution in [1.82, 2.24) is 4.90 Å². The van der Waals surface area contributed by atoms with Gasteiger partial charge in [0.2, 0.25) is 0 Å². The lowest BCUT2D eigenvalue weighted by atomic mass is 9.74. The van der Waals surface area contributed by atoms with Gasteiger partial charge in [0, 0.05) is 11.2 Å². The monoisotopic (exact) mass is 560 g/mol. The zero-order chi connectivity index (χ0) is 29.0. The highest BCUT2D eigenvalue weighted by molar-refractivity contribution is 8.13. The zero-order valence-electron chi connectivity index (χ0n) is 24.1. The summed E-state index contributed by atoms with van der Waals surface area (Å²) in [5, 5.41) is 0.172. The predicted molar refractivity (Wildman–Crippen MR) is 150 cm³/mol. The van der Waals surface area contributed by atoms with Crippen molar-refractivity contribution in [3.63, 3.8) is 0 Å². The molecule has 2 heterocycles. The van der Waals surface area contributed by atoms with Gasteiger partial charge in [-0.3, -0.25) is 0 Å². The second-order valence-electron chi connectivity index (χ2n) is 12.8. The molecule has 2 fully saturated rings. The fourth-order valence-electron chi connectivity index (χ4n) is 4.98. The van der Waals surface area contributed by atoms with Crippen LogP contribution in [0.3, 0.4) is 0 Å². The maximum Gasteiger partial charge on any atom is 0.563 e. The van der Waals surface area contributed by atoms with E-state index in [1.807, 2.05) is 19.9 Å². The van der Waals surface area contributed by atoms with Crippen LogP contribution in [0.4, 0.5) is 14.0 Å². The molecule has 0 N–H and O–H groups in total. The molecule has 3 aliphatic rings. The lowest BCUT2D eigenvalue weighted by Gasteiger charge is -2.39. The summed E-state index contributed by atoms with van der Waals surface area (Å²) in [7, 11) is -0.806. The molecule has 0 aromatic heterocycles. The number of benzene rings is 1. The number of thioether (sulfide) groups is 1. The average molecular weight is 560 g/mol. The van der Waals surface area contributed by atoms with Crippen molar-refractivity contribution in [2.45, 2.75) is 97.0 Å². The summed E-state index contributed by atoms with van der Waals surface area (Å²) < 4.78 is 38.1. The minimum atomic E-state index is -0.872. The lowest BCUT2D eigenvalue weighted by molar-refractivity contribution is 0.0150. The van der Waals surface area contributed by atoms with Crippen LogP contribution in [0, 0.1) is 11.7 Å². The summed E-state index contributed by atoms with van der Waals surface area (Å²) in [5.41, 5.74) is -2.08. The molecule has 1 aliphatic carbocycles. The number of carbonyl (C=O) groups excluding carboxylic acids is 2. The van der Waals surface area contributed by atoms with Gasteiger partial charge in [0.05, 0.1) is 11.3 Å². The molecule has 8 nitrogen and oxygen atoms in total. The third-order valence-electron chi connectivity index (χ3n) is 6.85. The molecule has 1 saturated carbocycles. The standard InChI is InChI=1S/C28H38BFN2O6S/c1-17-27(8,9)38-29(37-17)20-13-19(14-21(30)15-20)28-12-10-11-18(28)16-39-22(31-28)32(23(33)35-25(2,3)4)24(34)36-26(5,6)7/h13-15,18H,1,10-12,16H2,2-9H3/t18-,28-/m0/s1. The Bertz CT molecular complexity index is 1180. The van der Waals surface area contributed by atoms with Gasteiger partial charge in [-0.05, 0) is 91.8 Å². The Hall–Kier alpha value is -2.53. The quantitative estimate of drug-likeness (QED) is 0.402. The minimum absolute atomic E-state index is 0.0804. The number of halogens is 1. The highest BCUT2D eigenvalue weighted by Gasteiger charge is 2.50. The van der Waals surface area contributed by atoms with Crippen LogP contribution >= 0.6 is 11.8 Å². The first-order valence-corrected chi connectivity index (χ1v) is 14.2. The molecule has 0 radical (unpaired) electrons. The minimum Gasteiger partial charge on any atom is -0.534 e. The van der Waals surface area contributed by atoms with E-state index in [1.54, 1.807) is 41.5 Å². The average Bonchev–Trinajstić information content (AvgIpc) is 3.31. The molecule has 39 heavy (non-hydrogen) atoms. The SMILES string of the molecule is C=C1OB(c2cc(F)cc([C@]34CCC[C@H]3CSC(N(C(=O)OC(C)(C)C)C(=O)OC(C)(C)C)=N4)c2)OC1(C)C. The second-order valence-corrected chi connectivity index (χ2v) is 13.8. The second kappa shape index (κ2) is 10.1. The van der Waals surface area contributed by atoms with Gasteiger partial charge < -0.3 is 18.8 Å². The summed E-state index contributed by atoms with van der Waals surface area (Å²) in [4.78, 5) is 32.5. The smallest absolute Gasteiger partial charge is 0.534 e. The van der Waals surface area contributed by atoms with E-state index in [0.29, 0.717) is 29.0 Å². The number of fused-ring (bicyclic) bond motifs is 1. The van der Waals surface area contributed by atoms with Crippen LogP contribution in [0.15, 0.2) is 35.5 Å². The third-order valence-corrected chi connectivity index (χ3v) is 7.95. The molecule has 2 aliphatic heterocycles. The van der Waals surface area contributed by atoms with Gasteiger partial charge in [-0.25, -0.2) is 19.0 Å². The van der Waals surface area contributed by atoms with Crippen LogP contribution in [0.2, 0.25) is 0 Å². The highest BCUT2D eigenvalue weighted by atomic mass is 32.2. The van der Waals surface area contributed by atoms with Crippen molar-refractivity contribution in [2.24, 2.45) is 10.9 Å². The Kier molecular flexibility index (Phi) is 7.66. The van der Waals surface area contributed by atoms with E-state index < -0.39 is 47.5 Å². The molecular formula is C28H38BFN2O6S. The van der Waals surface area contributed by atoms with Gasteiger partial charge in [0.15, 0.2) is 5.17 Å². The first kappa shape index (κ1) is 29.5. The number of ether oxygens (including phenoxy) is 2. The van der Waals surface area contributed by atoms with E-state index in [4.69, 9.17) is 23.8 Å². The normalized spacial score (nSPS) is 24.5. The largest absolute Gasteiger partial charge is 0.563 e. The van der Waals surface area contributed by atoms with E-state index in [1.165, 1.54) is 23.9 Å². The summed E-state index contributed by atoms with van der Waals surface area (Å²) in [6.07, 6.45) is 0.638. The number of amides is 2. The number of hydrogen-bond acceptors (Lipinski definition) is 8. The van der Waals surface area contributed by atoms with Crippen molar-refractivity contribution in [1.29, 1.82) is 0 Å². The Morgan fingerprint density at radius 3 is 2.28 bits per heavy atom. The van der Waals surface area contributed by atoms with Crippen molar-refractivity contribution in [3.8, 4) is 0 Å². The van der Waals surface area contributed by atoms with Gasteiger partial charge in [-0.15, -0.1) is 0 Å². The highest BCUT2D eigenvalue weighted by Crippen LogP contribution is 2.51. The number of aliphatic imine (C=N–C) groups is 1. The molecular weight excluding hydrogens is 522 g/mol. The van der Waals surface area contributed by atoms with Gasteiger partial charge in [-0.2, -0.15) is 4.90 Å². The van der Waals surface area contributed by atoms with Crippen molar-refractivity contribution >= 4 is 41.7 Å². The number of rotatable bonds is 2. The fourth-order valence-corrected chi connectivity index (χ4v) is 6.27. The van der Waals surface area contributed by atoms with E-state index in [-0.39, 0.29) is 11.1 Å². The number of hydrogen-bond donors (Lipinski definition) is 0. The number of amidine groups is 1. The van der Waals surface area contributed by atoms with Crippen LogP contribution in [0.5, 0.6) is 0 Å². The Morgan fingerprint density at radius 2 is 1.74 bits per heavy atom. The topological polar surface area (TPSA) is 86.7 Å². The number of imide groups is 1. The van der Waals surface area contributed by atoms with Crippen LogP contribution in [-0.2, 0) is 24.3 Å². The number of nitrogens with zero attached hydrogens (tertiary/aromatic N) is 2. The van der Waals surface area contributed by atoms with Crippen LogP contribution in [0.1, 0.15) is 80.2 Å². The number of carbonyl (C=O) groups is 2.